The van der Waals surface area contributed by atoms with Crippen LogP contribution in [0.15, 0.2) is 235 Å². The zero-order valence-electron chi connectivity index (χ0n) is 33.2. The second kappa shape index (κ2) is 14.3. The molecular formula is C58H38N2O. The fourth-order valence-electron chi connectivity index (χ4n) is 9.38. The van der Waals surface area contributed by atoms with Gasteiger partial charge in [0.05, 0.1) is 16.7 Å². The molecule has 0 atom stereocenters. The summed E-state index contributed by atoms with van der Waals surface area (Å²) >= 11 is 0. The molecule has 0 aliphatic carbocycles. The molecule has 12 rings (SSSR count). The third-order valence-electron chi connectivity index (χ3n) is 12.2. The van der Waals surface area contributed by atoms with Gasteiger partial charge in [0.25, 0.3) is 0 Å². The molecule has 0 bridgehead atoms. The molecule has 2 aromatic heterocycles. The van der Waals surface area contributed by atoms with Crippen molar-refractivity contribution < 1.29 is 4.42 Å². The van der Waals surface area contributed by atoms with Crippen molar-refractivity contribution in [3.63, 3.8) is 0 Å². The van der Waals surface area contributed by atoms with Crippen LogP contribution in [0.2, 0.25) is 0 Å². The first-order valence-electron chi connectivity index (χ1n) is 20.8. The van der Waals surface area contributed by atoms with Gasteiger partial charge in [0.15, 0.2) is 5.58 Å². The summed E-state index contributed by atoms with van der Waals surface area (Å²) < 4.78 is 9.42. The van der Waals surface area contributed by atoms with Crippen LogP contribution >= 0.6 is 0 Å². The van der Waals surface area contributed by atoms with E-state index in [-0.39, 0.29) is 0 Å². The van der Waals surface area contributed by atoms with E-state index in [1.165, 1.54) is 60.4 Å². The van der Waals surface area contributed by atoms with Gasteiger partial charge in [-0.1, -0.05) is 164 Å². The molecule has 0 radical (unpaired) electrons. The van der Waals surface area contributed by atoms with Crippen molar-refractivity contribution in [2.45, 2.75) is 0 Å². The van der Waals surface area contributed by atoms with E-state index < -0.39 is 0 Å². The summed E-state index contributed by atoms with van der Waals surface area (Å²) in [5.41, 5.74) is 15.4. The van der Waals surface area contributed by atoms with Crippen LogP contribution in [0.5, 0.6) is 0 Å². The third-order valence-corrected chi connectivity index (χ3v) is 12.2. The van der Waals surface area contributed by atoms with Crippen molar-refractivity contribution >= 4 is 71.6 Å². The molecule has 0 aliphatic heterocycles. The molecule has 3 nitrogen and oxygen atoms in total. The molecule has 3 heteroatoms. The fraction of sp³-hybridized carbons (Fsp3) is 0. The van der Waals surface area contributed by atoms with E-state index in [1.54, 1.807) is 0 Å². The number of aromatic nitrogens is 1. The van der Waals surface area contributed by atoms with Gasteiger partial charge in [-0.05, 0) is 105 Å². The molecule has 61 heavy (non-hydrogen) atoms. The maximum Gasteiger partial charge on any atom is 0.159 e. The van der Waals surface area contributed by atoms with Gasteiger partial charge < -0.3 is 13.9 Å². The summed E-state index contributed by atoms with van der Waals surface area (Å²) in [7, 11) is 0. The van der Waals surface area contributed by atoms with E-state index in [2.05, 4.69) is 240 Å². The maximum atomic E-state index is 7.05. The van der Waals surface area contributed by atoms with Crippen molar-refractivity contribution in [2.24, 2.45) is 0 Å². The fourth-order valence-corrected chi connectivity index (χ4v) is 9.38. The van der Waals surface area contributed by atoms with Gasteiger partial charge in [0, 0.05) is 44.0 Å². The Morgan fingerprint density at radius 2 is 0.984 bits per heavy atom. The van der Waals surface area contributed by atoms with Crippen molar-refractivity contribution in [1.82, 2.24) is 4.57 Å². The normalized spacial score (nSPS) is 11.6. The number of anilines is 3. The van der Waals surface area contributed by atoms with Crippen molar-refractivity contribution in [3.8, 4) is 39.1 Å². The lowest BCUT2D eigenvalue weighted by atomic mass is 9.93. The van der Waals surface area contributed by atoms with Crippen molar-refractivity contribution in [3.05, 3.63) is 231 Å². The first-order chi connectivity index (χ1) is 30.3. The molecule has 10 aromatic carbocycles. The van der Waals surface area contributed by atoms with Crippen LogP contribution in [0.1, 0.15) is 0 Å². The summed E-state index contributed by atoms with van der Waals surface area (Å²) in [6.07, 6.45) is 0. The third kappa shape index (κ3) is 5.82. The average molecular weight is 779 g/mol. The summed E-state index contributed by atoms with van der Waals surface area (Å²) in [4.78, 5) is 2.34. The van der Waals surface area contributed by atoms with E-state index in [0.29, 0.717) is 0 Å². The quantitative estimate of drug-likeness (QED) is 0.161. The van der Waals surface area contributed by atoms with E-state index in [9.17, 15) is 0 Å². The van der Waals surface area contributed by atoms with E-state index in [4.69, 9.17) is 4.42 Å². The Labute approximate surface area is 353 Å². The number of furan rings is 1. The Bertz CT molecular complexity index is 3570. The van der Waals surface area contributed by atoms with Gasteiger partial charge in [-0.25, -0.2) is 0 Å². The number of hydrogen-bond donors (Lipinski definition) is 0. The number of nitrogens with zero attached hydrogens (tertiary/aromatic N) is 2. The Hall–Kier alpha value is -8.14. The summed E-state index contributed by atoms with van der Waals surface area (Å²) in [6.45, 7) is 0. The molecule has 0 amide bonds. The lowest BCUT2D eigenvalue weighted by Gasteiger charge is -2.26. The number of benzene rings is 10. The molecule has 0 unspecified atom stereocenters. The van der Waals surface area contributed by atoms with E-state index in [0.717, 1.165) is 50.3 Å². The minimum Gasteiger partial charge on any atom is -0.454 e. The highest BCUT2D eigenvalue weighted by Crippen LogP contribution is 2.47. The lowest BCUT2D eigenvalue weighted by molar-refractivity contribution is 0.669. The van der Waals surface area contributed by atoms with Gasteiger partial charge in [-0.3, -0.25) is 0 Å². The van der Waals surface area contributed by atoms with Crippen LogP contribution in [0.4, 0.5) is 17.1 Å². The lowest BCUT2D eigenvalue weighted by Crippen LogP contribution is -2.10. The molecule has 2 heterocycles. The summed E-state index contributed by atoms with van der Waals surface area (Å²) in [5, 5.41) is 7.03. The zero-order chi connectivity index (χ0) is 40.3. The monoisotopic (exact) mass is 778 g/mol. The first kappa shape index (κ1) is 34.9. The molecular weight excluding hydrogens is 741 g/mol. The largest absolute Gasteiger partial charge is 0.454 e. The molecule has 0 fully saturated rings. The predicted molar refractivity (Wildman–Crippen MR) is 257 cm³/mol. The van der Waals surface area contributed by atoms with Crippen LogP contribution in [-0.4, -0.2) is 4.57 Å². The number of hydrogen-bond acceptors (Lipinski definition) is 2. The van der Waals surface area contributed by atoms with Crippen LogP contribution in [0.25, 0.3) is 93.6 Å². The van der Waals surface area contributed by atoms with Gasteiger partial charge in [0.2, 0.25) is 0 Å². The molecule has 0 saturated heterocycles. The van der Waals surface area contributed by atoms with Crippen LogP contribution in [0.3, 0.4) is 0 Å². The van der Waals surface area contributed by atoms with Crippen LogP contribution in [-0.2, 0) is 0 Å². The van der Waals surface area contributed by atoms with Gasteiger partial charge in [0.1, 0.15) is 5.58 Å². The predicted octanol–water partition coefficient (Wildman–Crippen LogP) is 16.3. The topological polar surface area (TPSA) is 21.3 Å². The first-order valence-corrected chi connectivity index (χ1v) is 20.8. The van der Waals surface area contributed by atoms with E-state index >= 15 is 0 Å². The van der Waals surface area contributed by atoms with Crippen LogP contribution in [0, 0.1) is 0 Å². The maximum absolute atomic E-state index is 7.05. The standard InChI is InChI=1S/C58H38N2O/c1-4-15-39(16-5-1)41-29-33-46(34-30-41)59(47-23-12-20-43(37-47)40-17-6-2-7-18-40)54-28-14-26-50-57-55(61-58(50)54)36-32-42-19-13-25-48(56(42)57)44-31-35-53-51(38-44)49-24-10-11-27-52(49)60(53)45-21-8-3-9-22-45/h1-38H. The second-order valence-electron chi connectivity index (χ2n) is 15.7. The molecule has 0 spiro atoms. The van der Waals surface area contributed by atoms with Gasteiger partial charge in [-0.15, -0.1) is 0 Å². The van der Waals surface area contributed by atoms with Gasteiger partial charge in [-0.2, -0.15) is 0 Å². The Kier molecular flexibility index (Phi) is 8.17. The second-order valence-corrected chi connectivity index (χ2v) is 15.7. The average Bonchev–Trinajstić information content (AvgIpc) is 3.89. The number of fused-ring (bicyclic) bond motifs is 8. The minimum absolute atomic E-state index is 0.846. The molecule has 0 aliphatic rings. The van der Waals surface area contributed by atoms with Crippen molar-refractivity contribution in [2.75, 3.05) is 4.90 Å². The Morgan fingerprint density at radius 1 is 0.361 bits per heavy atom. The van der Waals surface area contributed by atoms with E-state index in [1.807, 2.05) is 0 Å². The number of para-hydroxylation sites is 3. The zero-order valence-corrected chi connectivity index (χ0v) is 33.2. The molecule has 12 aromatic rings. The molecule has 286 valence electrons. The Morgan fingerprint density at radius 3 is 1.79 bits per heavy atom. The summed E-state index contributed by atoms with van der Waals surface area (Å²) in [6, 6.07) is 82.7. The van der Waals surface area contributed by atoms with Crippen molar-refractivity contribution in [1.29, 1.82) is 0 Å². The minimum atomic E-state index is 0.846. The highest BCUT2D eigenvalue weighted by Gasteiger charge is 2.22. The highest BCUT2D eigenvalue weighted by atomic mass is 16.3. The SMILES string of the molecule is c1ccc(-c2ccc(N(c3cccc(-c4ccccc4)c3)c3cccc4c3oc3ccc5cccc(-c6ccc7c(c6)c6ccccc6n7-c6ccccc6)c5c34)cc2)cc1. The molecule has 0 saturated carbocycles. The number of rotatable bonds is 7. The Balaban J connectivity index is 1.06. The van der Waals surface area contributed by atoms with Crippen LogP contribution < -0.4 is 4.90 Å². The highest BCUT2D eigenvalue weighted by molar-refractivity contribution is 6.25. The smallest absolute Gasteiger partial charge is 0.159 e. The molecule has 0 N–H and O–H groups in total. The summed E-state index contributed by atoms with van der Waals surface area (Å²) in [5.74, 6) is 0. The van der Waals surface area contributed by atoms with Gasteiger partial charge >= 0.3 is 0 Å².